The second-order valence-corrected chi connectivity index (χ2v) is 5.60. The van der Waals surface area contributed by atoms with E-state index in [2.05, 4.69) is 49.2 Å². The maximum atomic E-state index is 11.7. The van der Waals surface area contributed by atoms with E-state index in [0.717, 1.165) is 23.1 Å². The molecule has 1 aliphatic rings. The van der Waals surface area contributed by atoms with Gasteiger partial charge in [0.1, 0.15) is 6.29 Å². The second kappa shape index (κ2) is 5.57. The van der Waals surface area contributed by atoms with Gasteiger partial charge in [-0.2, -0.15) is 0 Å². The highest BCUT2D eigenvalue weighted by molar-refractivity contribution is 5.68. The molecule has 0 aromatic heterocycles. The molecule has 1 N–H and O–H groups in total. The van der Waals surface area contributed by atoms with E-state index in [0.29, 0.717) is 0 Å². The molecule has 1 aliphatic heterocycles. The molecule has 3 rings (SSSR count). The smallest absolute Gasteiger partial charge is 0.126 e. The number of nitrogens with one attached hydrogen (secondary N) is 1. The summed E-state index contributed by atoms with van der Waals surface area (Å²) in [6.45, 7) is 6.02. The summed E-state index contributed by atoms with van der Waals surface area (Å²) < 4.78 is 0. The van der Waals surface area contributed by atoms with Crippen LogP contribution in [-0.2, 0) is 4.79 Å². The standard InChI is InChI=1S/C19H19NO/c1-3-15-16-11-13(2)9-10-18(16)20-19(17(15)12-21)14-7-5-4-6-8-14/h3-12,15,17,19-20H,1H2,2H3/t15-,17+,19-/m1/s1. The lowest BCUT2D eigenvalue weighted by Gasteiger charge is -2.37. The molecule has 2 nitrogen and oxygen atoms in total. The van der Waals surface area contributed by atoms with Crippen LogP contribution in [0.3, 0.4) is 0 Å². The highest BCUT2D eigenvalue weighted by Gasteiger charge is 2.35. The van der Waals surface area contributed by atoms with E-state index in [-0.39, 0.29) is 17.9 Å². The molecule has 0 saturated carbocycles. The van der Waals surface area contributed by atoms with Crippen LogP contribution in [0.4, 0.5) is 5.69 Å². The maximum absolute atomic E-state index is 11.7. The molecule has 2 aromatic rings. The van der Waals surface area contributed by atoms with Gasteiger partial charge in [0, 0.05) is 17.5 Å². The second-order valence-electron chi connectivity index (χ2n) is 5.60. The van der Waals surface area contributed by atoms with Crippen molar-refractivity contribution >= 4 is 12.0 Å². The Kier molecular flexibility index (Phi) is 3.61. The third-order valence-electron chi connectivity index (χ3n) is 4.25. The van der Waals surface area contributed by atoms with Crippen molar-refractivity contribution in [1.82, 2.24) is 0 Å². The zero-order chi connectivity index (χ0) is 14.8. The van der Waals surface area contributed by atoms with Gasteiger partial charge < -0.3 is 10.1 Å². The topological polar surface area (TPSA) is 29.1 Å². The first kappa shape index (κ1) is 13.6. The summed E-state index contributed by atoms with van der Waals surface area (Å²) in [5.74, 6) is -0.0944. The van der Waals surface area contributed by atoms with Gasteiger partial charge in [-0.05, 0) is 24.1 Å². The van der Waals surface area contributed by atoms with Crippen LogP contribution >= 0.6 is 0 Å². The van der Waals surface area contributed by atoms with Gasteiger partial charge in [0.15, 0.2) is 0 Å². The Balaban J connectivity index is 2.10. The molecule has 0 spiro atoms. The van der Waals surface area contributed by atoms with Gasteiger partial charge in [-0.25, -0.2) is 0 Å². The van der Waals surface area contributed by atoms with Crippen molar-refractivity contribution in [2.24, 2.45) is 5.92 Å². The van der Waals surface area contributed by atoms with Crippen LogP contribution < -0.4 is 5.32 Å². The van der Waals surface area contributed by atoms with Crippen molar-refractivity contribution in [3.05, 3.63) is 77.9 Å². The van der Waals surface area contributed by atoms with Crippen LogP contribution in [0.5, 0.6) is 0 Å². The van der Waals surface area contributed by atoms with E-state index in [1.54, 1.807) is 0 Å². The first-order chi connectivity index (χ1) is 10.2. The Morgan fingerprint density at radius 3 is 2.57 bits per heavy atom. The molecule has 0 radical (unpaired) electrons. The Morgan fingerprint density at radius 1 is 1.14 bits per heavy atom. The number of rotatable bonds is 3. The number of hydrogen-bond acceptors (Lipinski definition) is 2. The zero-order valence-corrected chi connectivity index (χ0v) is 12.1. The number of fused-ring (bicyclic) bond motifs is 1. The lowest BCUT2D eigenvalue weighted by molar-refractivity contribution is -0.112. The van der Waals surface area contributed by atoms with Crippen molar-refractivity contribution in [1.29, 1.82) is 0 Å². The molecule has 1 heterocycles. The van der Waals surface area contributed by atoms with Crippen LogP contribution in [0, 0.1) is 12.8 Å². The summed E-state index contributed by atoms with van der Waals surface area (Å²) in [6.07, 6.45) is 2.95. The molecule has 2 aromatic carbocycles. The zero-order valence-electron chi connectivity index (χ0n) is 12.1. The molecule has 106 valence electrons. The fraction of sp³-hybridized carbons (Fsp3) is 0.211. The fourth-order valence-electron chi connectivity index (χ4n) is 3.18. The Hall–Kier alpha value is -2.35. The van der Waals surface area contributed by atoms with Gasteiger partial charge >= 0.3 is 0 Å². The van der Waals surface area contributed by atoms with Crippen molar-refractivity contribution in [2.45, 2.75) is 18.9 Å². The molecule has 0 amide bonds. The minimum atomic E-state index is -0.140. The lowest BCUT2D eigenvalue weighted by atomic mass is 9.75. The molecular formula is C19H19NO. The average molecular weight is 277 g/mol. The summed E-state index contributed by atoms with van der Waals surface area (Å²) in [5.41, 5.74) is 4.59. The van der Waals surface area contributed by atoms with Crippen molar-refractivity contribution in [3.63, 3.8) is 0 Å². The molecular weight excluding hydrogens is 258 g/mol. The normalized spacial score (nSPS) is 23.8. The lowest BCUT2D eigenvalue weighted by Crippen LogP contribution is -2.32. The molecule has 0 saturated heterocycles. The van der Waals surface area contributed by atoms with E-state index in [1.165, 1.54) is 5.56 Å². The van der Waals surface area contributed by atoms with Crippen LogP contribution in [0.25, 0.3) is 0 Å². The molecule has 0 unspecified atom stereocenters. The van der Waals surface area contributed by atoms with Gasteiger partial charge in [-0.1, -0.05) is 54.1 Å². The van der Waals surface area contributed by atoms with E-state index in [1.807, 2.05) is 24.3 Å². The molecule has 21 heavy (non-hydrogen) atoms. The SMILES string of the molecule is C=C[C@@H]1c2cc(C)ccc2N[C@H](c2ccccc2)[C@H]1C=O. The quantitative estimate of drug-likeness (QED) is 0.671. The average Bonchev–Trinajstić information content (AvgIpc) is 2.53. The number of aldehydes is 1. The highest BCUT2D eigenvalue weighted by Crippen LogP contribution is 2.44. The van der Waals surface area contributed by atoms with Gasteiger partial charge in [-0.3, -0.25) is 0 Å². The summed E-state index contributed by atoms with van der Waals surface area (Å²) in [5, 5.41) is 3.53. The Morgan fingerprint density at radius 2 is 1.90 bits per heavy atom. The number of benzene rings is 2. The number of aryl methyl sites for hydroxylation is 1. The molecule has 0 aliphatic carbocycles. The number of hydrogen-bond donors (Lipinski definition) is 1. The first-order valence-electron chi connectivity index (χ1n) is 7.24. The molecule has 3 atom stereocenters. The largest absolute Gasteiger partial charge is 0.377 e. The van der Waals surface area contributed by atoms with Crippen LogP contribution in [0.1, 0.15) is 28.7 Å². The monoisotopic (exact) mass is 277 g/mol. The van der Waals surface area contributed by atoms with Gasteiger partial charge in [0.25, 0.3) is 0 Å². The van der Waals surface area contributed by atoms with Crippen molar-refractivity contribution in [2.75, 3.05) is 5.32 Å². The third-order valence-corrected chi connectivity index (χ3v) is 4.25. The summed E-state index contributed by atoms with van der Waals surface area (Å²) in [7, 11) is 0. The number of allylic oxidation sites excluding steroid dienone is 1. The van der Waals surface area contributed by atoms with Crippen LogP contribution in [0.15, 0.2) is 61.2 Å². The van der Waals surface area contributed by atoms with Crippen LogP contribution in [-0.4, -0.2) is 6.29 Å². The third kappa shape index (κ3) is 2.38. The minimum absolute atomic E-state index is 0.0121. The van der Waals surface area contributed by atoms with E-state index >= 15 is 0 Å². The predicted molar refractivity (Wildman–Crippen MR) is 86.5 cm³/mol. The first-order valence-corrected chi connectivity index (χ1v) is 7.24. The molecule has 0 fully saturated rings. The van der Waals surface area contributed by atoms with E-state index in [9.17, 15) is 4.79 Å². The van der Waals surface area contributed by atoms with Crippen molar-refractivity contribution in [3.8, 4) is 0 Å². The minimum Gasteiger partial charge on any atom is -0.377 e. The molecule has 2 heteroatoms. The van der Waals surface area contributed by atoms with Crippen molar-refractivity contribution < 1.29 is 4.79 Å². The Bertz CT molecular complexity index is 663. The van der Waals surface area contributed by atoms with E-state index < -0.39 is 0 Å². The summed E-state index contributed by atoms with van der Waals surface area (Å²) in [4.78, 5) is 11.7. The maximum Gasteiger partial charge on any atom is 0.126 e. The van der Waals surface area contributed by atoms with Crippen LogP contribution in [0.2, 0.25) is 0 Å². The molecule has 0 bridgehead atoms. The fourth-order valence-corrected chi connectivity index (χ4v) is 3.18. The predicted octanol–water partition coefficient (Wildman–Crippen LogP) is 4.25. The number of anilines is 1. The van der Waals surface area contributed by atoms with Gasteiger partial charge in [0.2, 0.25) is 0 Å². The number of carbonyl (C=O) groups excluding carboxylic acids is 1. The Labute approximate surface area is 125 Å². The number of carbonyl (C=O) groups is 1. The summed E-state index contributed by atoms with van der Waals surface area (Å²) >= 11 is 0. The van der Waals surface area contributed by atoms with Gasteiger partial charge in [0.05, 0.1) is 6.04 Å². The van der Waals surface area contributed by atoms with E-state index in [4.69, 9.17) is 0 Å². The summed E-state index contributed by atoms with van der Waals surface area (Å²) in [6, 6.07) is 16.5. The highest BCUT2D eigenvalue weighted by atomic mass is 16.1. The van der Waals surface area contributed by atoms with Gasteiger partial charge in [-0.15, -0.1) is 6.58 Å².